The standard InChI is InChI=1S/C12H18N4OS/c1-9(7-8-18(3)17)13-12-14-11-6-4-5-10(2)16(11)15-12/h4-6,9H,7-8H2,1-3H3,(H,13,15). The van der Waals surface area contributed by atoms with Crippen molar-refractivity contribution in [3.63, 3.8) is 0 Å². The fourth-order valence-electron chi connectivity index (χ4n) is 1.73. The molecule has 0 radical (unpaired) electrons. The van der Waals surface area contributed by atoms with E-state index in [2.05, 4.69) is 15.4 Å². The summed E-state index contributed by atoms with van der Waals surface area (Å²) < 4.78 is 12.8. The molecule has 0 aliphatic rings. The lowest BCUT2D eigenvalue weighted by Gasteiger charge is -2.10. The van der Waals surface area contributed by atoms with E-state index in [-0.39, 0.29) is 6.04 Å². The second-order valence-corrected chi connectivity index (χ2v) is 6.04. The number of aryl methyl sites for hydroxylation is 1. The maximum atomic E-state index is 11.0. The molecule has 0 aliphatic carbocycles. The molecule has 0 amide bonds. The molecule has 2 aromatic rings. The molecule has 2 rings (SSSR count). The maximum absolute atomic E-state index is 11.0. The van der Waals surface area contributed by atoms with Crippen LogP contribution in [0.3, 0.4) is 0 Å². The Morgan fingerprint density at radius 2 is 2.28 bits per heavy atom. The number of hydrogen-bond donors (Lipinski definition) is 1. The highest BCUT2D eigenvalue weighted by Crippen LogP contribution is 2.09. The highest BCUT2D eigenvalue weighted by molar-refractivity contribution is 7.84. The fraction of sp³-hybridized carbons (Fsp3) is 0.500. The normalized spacial score (nSPS) is 14.6. The van der Waals surface area contributed by atoms with Crippen molar-refractivity contribution < 1.29 is 4.21 Å². The van der Waals surface area contributed by atoms with Crippen LogP contribution in [0.1, 0.15) is 19.0 Å². The third kappa shape index (κ3) is 3.07. The molecule has 0 saturated heterocycles. The highest BCUT2D eigenvalue weighted by atomic mass is 32.2. The molecule has 0 spiro atoms. The van der Waals surface area contributed by atoms with Gasteiger partial charge in [0.05, 0.1) is 0 Å². The second kappa shape index (κ2) is 5.48. The van der Waals surface area contributed by atoms with E-state index >= 15 is 0 Å². The number of hydrogen-bond acceptors (Lipinski definition) is 4. The Bertz CT molecular complexity index is 566. The average Bonchev–Trinajstić information content (AvgIpc) is 2.70. The summed E-state index contributed by atoms with van der Waals surface area (Å²) in [6, 6.07) is 6.10. The van der Waals surface area contributed by atoms with E-state index in [1.54, 1.807) is 6.26 Å². The summed E-state index contributed by atoms with van der Waals surface area (Å²) in [5.41, 5.74) is 1.89. The van der Waals surface area contributed by atoms with Gasteiger partial charge in [-0.25, -0.2) is 4.52 Å². The molecule has 6 heteroatoms. The molecular formula is C12H18N4OS. The van der Waals surface area contributed by atoms with Crippen LogP contribution in [0.15, 0.2) is 18.2 Å². The van der Waals surface area contributed by atoms with Gasteiger partial charge in [-0.05, 0) is 32.4 Å². The van der Waals surface area contributed by atoms with Gasteiger partial charge >= 0.3 is 0 Å². The van der Waals surface area contributed by atoms with E-state index in [1.165, 1.54) is 0 Å². The van der Waals surface area contributed by atoms with Gasteiger partial charge < -0.3 is 5.32 Å². The first-order valence-corrected chi connectivity index (χ1v) is 7.68. The van der Waals surface area contributed by atoms with Crippen LogP contribution in [0.5, 0.6) is 0 Å². The number of rotatable bonds is 5. The molecule has 1 N–H and O–H groups in total. The van der Waals surface area contributed by atoms with Crippen molar-refractivity contribution in [3.8, 4) is 0 Å². The van der Waals surface area contributed by atoms with Crippen LogP contribution in [0.4, 0.5) is 5.95 Å². The zero-order valence-corrected chi connectivity index (χ0v) is 11.7. The first-order valence-electron chi connectivity index (χ1n) is 5.95. The number of fused-ring (bicyclic) bond motifs is 1. The van der Waals surface area contributed by atoms with Crippen LogP contribution in [0.2, 0.25) is 0 Å². The topological polar surface area (TPSA) is 59.3 Å². The van der Waals surface area contributed by atoms with Crippen molar-refractivity contribution in [1.82, 2.24) is 14.6 Å². The Morgan fingerprint density at radius 3 is 2.94 bits per heavy atom. The molecule has 0 fully saturated rings. The van der Waals surface area contributed by atoms with Crippen molar-refractivity contribution >= 4 is 22.4 Å². The minimum absolute atomic E-state index is 0.214. The molecule has 2 unspecified atom stereocenters. The molecule has 18 heavy (non-hydrogen) atoms. The SMILES string of the molecule is Cc1cccc2nc(NC(C)CCS(C)=O)nn12. The predicted octanol–water partition coefficient (Wildman–Crippen LogP) is 1.61. The van der Waals surface area contributed by atoms with E-state index in [1.807, 2.05) is 36.6 Å². The number of anilines is 1. The van der Waals surface area contributed by atoms with E-state index in [9.17, 15) is 4.21 Å². The predicted molar refractivity (Wildman–Crippen MR) is 74.4 cm³/mol. The molecule has 98 valence electrons. The van der Waals surface area contributed by atoms with Crippen LogP contribution >= 0.6 is 0 Å². The zero-order chi connectivity index (χ0) is 13.1. The van der Waals surface area contributed by atoms with Crippen molar-refractivity contribution in [2.24, 2.45) is 0 Å². The van der Waals surface area contributed by atoms with Crippen LogP contribution in [0.25, 0.3) is 5.65 Å². The third-order valence-electron chi connectivity index (χ3n) is 2.76. The summed E-state index contributed by atoms with van der Waals surface area (Å²) in [5.74, 6) is 1.32. The first kappa shape index (κ1) is 13.0. The van der Waals surface area contributed by atoms with Gasteiger partial charge in [0.25, 0.3) is 0 Å². The second-order valence-electron chi connectivity index (χ2n) is 4.48. The summed E-state index contributed by atoms with van der Waals surface area (Å²) in [6.45, 7) is 4.04. The summed E-state index contributed by atoms with van der Waals surface area (Å²) in [6.07, 6.45) is 2.57. The summed E-state index contributed by atoms with van der Waals surface area (Å²) in [5, 5.41) is 7.63. The number of nitrogens with zero attached hydrogens (tertiary/aromatic N) is 3. The van der Waals surface area contributed by atoms with Gasteiger partial charge in [0.2, 0.25) is 5.95 Å². The quantitative estimate of drug-likeness (QED) is 0.893. The zero-order valence-electron chi connectivity index (χ0n) is 10.9. The molecule has 0 bridgehead atoms. The third-order valence-corrected chi connectivity index (χ3v) is 3.57. The molecule has 0 aliphatic heterocycles. The molecule has 0 saturated carbocycles. The Hall–Kier alpha value is -1.43. The lowest BCUT2D eigenvalue weighted by atomic mass is 10.3. The molecule has 2 heterocycles. The van der Waals surface area contributed by atoms with Gasteiger partial charge in [0.15, 0.2) is 5.65 Å². The smallest absolute Gasteiger partial charge is 0.243 e. The van der Waals surface area contributed by atoms with Crippen molar-refractivity contribution in [2.45, 2.75) is 26.3 Å². The largest absolute Gasteiger partial charge is 0.350 e. The van der Waals surface area contributed by atoms with Crippen molar-refractivity contribution in [2.75, 3.05) is 17.3 Å². The number of aromatic nitrogens is 3. The average molecular weight is 266 g/mol. The Labute approximate surface area is 109 Å². The van der Waals surface area contributed by atoms with Crippen LogP contribution in [-0.4, -0.2) is 36.9 Å². The van der Waals surface area contributed by atoms with Gasteiger partial charge in [-0.15, -0.1) is 5.10 Å². The molecule has 2 aromatic heterocycles. The first-order chi connectivity index (χ1) is 8.56. The van der Waals surface area contributed by atoms with Crippen LogP contribution in [-0.2, 0) is 10.8 Å². The number of pyridine rings is 1. The summed E-state index contributed by atoms with van der Waals surface area (Å²) >= 11 is 0. The van der Waals surface area contributed by atoms with Gasteiger partial charge in [0.1, 0.15) is 0 Å². The lowest BCUT2D eigenvalue weighted by molar-refractivity contribution is 0.677. The van der Waals surface area contributed by atoms with Gasteiger partial charge in [0, 0.05) is 34.5 Å². The van der Waals surface area contributed by atoms with Gasteiger partial charge in [-0.3, -0.25) is 4.21 Å². The maximum Gasteiger partial charge on any atom is 0.243 e. The Kier molecular flexibility index (Phi) is 3.96. The lowest BCUT2D eigenvalue weighted by Crippen LogP contribution is -2.18. The van der Waals surface area contributed by atoms with Gasteiger partial charge in [-0.1, -0.05) is 6.07 Å². The fourth-order valence-corrected chi connectivity index (χ4v) is 2.42. The minimum atomic E-state index is -0.749. The van der Waals surface area contributed by atoms with Crippen molar-refractivity contribution in [3.05, 3.63) is 23.9 Å². The Balaban J connectivity index is 2.08. The highest BCUT2D eigenvalue weighted by Gasteiger charge is 2.08. The minimum Gasteiger partial charge on any atom is -0.350 e. The van der Waals surface area contributed by atoms with E-state index in [4.69, 9.17) is 0 Å². The van der Waals surface area contributed by atoms with Crippen LogP contribution < -0.4 is 5.32 Å². The molecule has 2 atom stereocenters. The molecule has 5 nitrogen and oxygen atoms in total. The van der Waals surface area contributed by atoms with E-state index in [0.29, 0.717) is 11.7 Å². The monoisotopic (exact) mass is 266 g/mol. The summed E-state index contributed by atoms with van der Waals surface area (Å²) in [4.78, 5) is 4.41. The Morgan fingerprint density at radius 1 is 1.50 bits per heavy atom. The van der Waals surface area contributed by atoms with Crippen LogP contribution in [0, 0.1) is 6.92 Å². The molecular weight excluding hydrogens is 248 g/mol. The molecule has 0 aromatic carbocycles. The van der Waals surface area contributed by atoms with E-state index in [0.717, 1.165) is 17.8 Å². The summed E-state index contributed by atoms with van der Waals surface area (Å²) in [7, 11) is -0.749. The van der Waals surface area contributed by atoms with E-state index < -0.39 is 10.8 Å². The number of nitrogens with one attached hydrogen (secondary N) is 1. The van der Waals surface area contributed by atoms with Gasteiger partial charge in [-0.2, -0.15) is 4.98 Å². The van der Waals surface area contributed by atoms with Crippen molar-refractivity contribution in [1.29, 1.82) is 0 Å².